The summed E-state index contributed by atoms with van der Waals surface area (Å²) in [6.07, 6.45) is 0.722. The molecule has 1 aliphatic rings. The minimum Gasteiger partial charge on any atom is -0.480 e. The van der Waals surface area contributed by atoms with E-state index in [2.05, 4.69) is 0 Å². The Hall–Kier alpha value is -1.20. The molecule has 1 heterocycles. The number of thioether (sulfide) groups is 1. The summed E-state index contributed by atoms with van der Waals surface area (Å²) in [6.45, 7) is 3.80. The summed E-state index contributed by atoms with van der Waals surface area (Å²) in [5.41, 5.74) is 1.33. The molecule has 1 aromatic carbocycles. The lowest BCUT2D eigenvalue weighted by atomic mass is 10.1. The summed E-state index contributed by atoms with van der Waals surface area (Å²) in [5.74, 6) is -0.792. The van der Waals surface area contributed by atoms with Gasteiger partial charge >= 0.3 is 5.97 Å². The summed E-state index contributed by atoms with van der Waals surface area (Å²) < 4.78 is 0. The first-order valence-corrected chi connectivity index (χ1v) is 7.81. The van der Waals surface area contributed by atoms with Crippen LogP contribution in [0.5, 0.6) is 0 Å². The zero-order valence-electron chi connectivity index (χ0n) is 11.3. The van der Waals surface area contributed by atoms with Crippen molar-refractivity contribution in [1.82, 2.24) is 4.90 Å². The molecular weight excluding hydrogens is 298 g/mol. The maximum Gasteiger partial charge on any atom is 0.327 e. The topological polar surface area (TPSA) is 57.6 Å². The Morgan fingerprint density at radius 2 is 2.15 bits per heavy atom. The molecule has 0 aliphatic carbocycles. The third kappa shape index (κ3) is 2.94. The van der Waals surface area contributed by atoms with Crippen LogP contribution in [0.15, 0.2) is 18.2 Å². The maximum absolute atomic E-state index is 12.6. The second-order valence-corrected chi connectivity index (χ2v) is 6.43. The lowest BCUT2D eigenvalue weighted by Gasteiger charge is -2.26. The van der Waals surface area contributed by atoms with Gasteiger partial charge in [-0.25, -0.2) is 4.79 Å². The van der Waals surface area contributed by atoms with E-state index in [1.807, 2.05) is 13.8 Å². The highest BCUT2D eigenvalue weighted by Crippen LogP contribution is 2.33. The molecule has 0 bridgehead atoms. The minimum atomic E-state index is -0.958. The molecule has 1 amide bonds. The molecule has 0 aromatic heterocycles. The van der Waals surface area contributed by atoms with Crippen LogP contribution in [-0.4, -0.2) is 39.1 Å². The number of carbonyl (C=O) groups is 2. The summed E-state index contributed by atoms with van der Waals surface area (Å²) in [7, 11) is 0. The van der Waals surface area contributed by atoms with Crippen LogP contribution < -0.4 is 0 Å². The Labute approximate surface area is 127 Å². The average molecular weight is 314 g/mol. The summed E-state index contributed by atoms with van der Waals surface area (Å²) in [4.78, 5) is 25.4. The third-order valence-corrected chi connectivity index (χ3v) is 4.92. The van der Waals surface area contributed by atoms with Crippen LogP contribution in [0.3, 0.4) is 0 Å². The van der Waals surface area contributed by atoms with E-state index in [0.717, 1.165) is 12.0 Å². The van der Waals surface area contributed by atoms with E-state index < -0.39 is 12.0 Å². The number of amides is 1. The highest BCUT2D eigenvalue weighted by Gasteiger charge is 2.41. The number of aliphatic carboxylic acids is 1. The fourth-order valence-corrected chi connectivity index (χ4v) is 3.99. The van der Waals surface area contributed by atoms with Crippen molar-refractivity contribution in [2.45, 2.75) is 31.7 Å². The van der Waals surface area contributed by atoms with Crippen LogP contribution in [0.25, 0.3) is 0 Å². The van der Waals surface area contributed by atoms with Gasteiger partial charge in [-0.05, 0) is 37.1 Å². The smallest absolute Gasteiger partial charge is 0.327 e. The number of carboxylic acids is 1. The van der Waals surface area contributed by atoms with Gasteiger partial charge < -0.3 is 10.0 Å². The highest BCUT2D eigenvalue weighted by molar-refractivity contribution is 8.00. The maximum atomic E-state index is 12.6. The fraction of sp³-hybridized carbons (Fsp3) is 0.429. The Morgan fingerprint density at radius 1 is 1.45 bits per heavy atom. The summed E-state index contributed by atoms with van der Waals surface area (Å²) in [6, 6.07) is 4.33. The predicted molar refractivity (Wildman–Crippen MR) is 80.3 cm³/mol. The Morgan fingerprint density at radius 3 is 2.70 bits per heavy atom. The van der Waals surface area contributed by atoms with E-state index in [1.54, 1.807) is 18.2 Å². The largest absolute Gasteiger partial charge is 0.480 e. The van der Waals surface area contributed by atoms with Gasteiger partial charge in [0.05, 0.1) is 5.37 Å². The molecule has 0 radical (unpaired) electrons. The molecule has 1 saturated heterocycles. The standard InChI is InChI=1S/C14H16ClNO3S/c1-3-12-16(11(7-20-12)14(18)19)13(17)9-4-8(2)5-10(15)6-9/h4-6,11-12H,3,7H2,1-2H3,(H,18,19). The van der Waals surface area contributed by atoms with E-state index in [4.69, 9.17) is 11.6 Å². The van der Waals surface area contributed by atoms with Crippen molar-refractivity contribution < 1.29 is 14.7 Å². The lowest BCUT2D eigenvalue weighted by Crippen LogP contribution is -2.45. The lowest BCUT2D eigenvalue weighted by molar-refractivity contribution is -0.141. The monoisotopic (exact) mass is 313 g/mol. The fourth-order valence-electron chi connectivity index (χ4n) is 2.35. The Kier molecular flexibility index (Phi) is 4.60. The van der Waals surface area contributed by atoms with Crippen LogP contribution in [0, 0.1) is 6.92 Å². The third-order valence-electron chi connectivity index (χ3n) is 3.25. The molecule has 2 rings (SSSR count). The number of halogens is 1. The molecule has 4 nitrogen and oxygen atoms in total. The van der Waals surface area contributed by atoms with Crippen molar-refractivity contribution in [3.8, 4) is 0 Å². The quantitative estimate of drug-likeness (QED) is 0.932. The number of carbonyl (C=O) groups excluding carboxylic acids is 1. The number of nitrogens with zero attached hydrogens (tertiary/aromatic N) is 1. The van der Waals surface area contributed by atoms with Crippen LogP contribution >= 0.6 is 23.4 Å². The van der Waals surface area contributed by atoms with Gasteiger partial charge in [-0.2, -0.15) is 0 Å². The van der Waals surface area contributed by atoms with Gasteiger partial charge in [-0.15, -0.1) is 11.8 Å². The first kappa shape index (κ1) is 15.2. The van der Waals surface area contributed by atoms with E-state index in [1.165, 1.54) is 16.7 Å². The van der Waals surface area contributed by atoms with E-state index in [9.17, 15) is 14.7 Å². The predicted octanol–water partition coefficient (Wildman–Crippen LogP) is 3.03. The molecule has 2 atom stereocenters. The SMILES string of the molecule is CCC1SCC(C(=O)O)N1C(=O)c1cc(C)cc(Cl)c1. The number of rotatable bonds is 3. The van der Waals surface area contributed by atoms with Crippen molar-refractivity contribution in [1.29, 1.82) is 0 Å². The number of hydrogen-bond acceptors (Lipinski definition) is 3. The van der Waals surface area contributed by atoms with Crippen molar-refractivity contribution in [2.24, 2.45) is 0 Å². The first-order chi connectivity index (χ1) is 9.43. The van der Waals surface area contributed by atoms with Gasteiger partial charge in [-0.3, -0.25) is 4.79 Å². The Balaban J connectivity index is 2.35. The number of carboxylic acid groups (broad SMARTS) is 1. The molecule has 1 aromatic rings. The molecule has 2 unspecified atom stereocenters. The van der Waals surface area contributed by atoms with Crippen LogP contribution in [0.4, 0.5) is 0 Å². The molecule has 1 aliphatic heterocycles. The second kappa shape index (κ2) is 6.06. The van der Waals surface area contributed by atoms with E-state index in [-0.39, 0.29) is 11.3 Å². The van der Waals surface area contributed by atoms with Gasteiger partial charge in [-0.1, -0.05) is 18.5 Å². The molecule has 1 N–H and O–H groups in total. The van der Waals surface area contributed by atoms with Crippen molar-refractivity contribution in [2.75, 3.05) is 5.75 Å². The number of benzene rings is 1. The van der Waals surface area contributed by atoms with Gasteiger partial charge in [0.2, 0.25) is 0 Å². The van der Waals surface area contributed by atoms with Gasteiger partial charge in [0.25, 0.3) is 5.91 Å². The second-order valence-electron chi connectivity index (χ2n) is 4.78. The zero-order chi connectivity index (χ0) is 14.9. The number of hydrogen-bond donors (Lipinski definition) is 1. The molecule has 6 heteroatoms. The zero-order valence-corrected chi connectivity index (χ0v) is 12.9. The van der Waals surface area contributed by atoms with E-state index >= 15 is 0 Å². The minimum absolute atomic E-state index is 0.0945. The van der Waals surface area contributed by atoms with E-state index in [0.29, 0.717) is 16.3 Å². The first-order valence-electron chi connectivity index (χ1n) is 6.38. The summed E-state index contributed by atoms with van der Waals surface area (Å²) in [5, 5.41) is 9.66. The van der Waals surface area contributed by atoms with Gasteiger partial charge in [0.15, 0.2) is 0 Å². The molecule has 20 heavy (non-hydrogen) atoms. The van der Waals surface area contributed by atoms with Crippen molar-refractivity contribution >= 4 is 35.2 Å². The summed E-state index contributed by atoms with van der Waals surface area (Å²) >= 11 is 7.49. The normalized spacial score (nSPS) is 22.1. The van der Waals surface area contributed by atoms with Crippen LogP contribution in [0.2, 0.25) is 5.02 Å². The molecule has 1 fully saturated rings. The van der Waals surface area contributed by atoms with Crippen molar-refractivity contribution in [3.63, 3.8) is 0 Å². The van der Waals surface area contributed by atoms with Crippen LogP contribution in [-0.2, 0) is 4.79 Å². The molecule has 0 saturated carbocycles. The Bertz CT molecular complexity index is 529. The average Bonchev–Trinajstić information content (AvgIpc) is 2.80. The highest BCUT2D eigenvalue weighted by atomic mass is 35.5. The molecule has 108 valence electrons. The van der Waals surface area contributed by atoms with Gasteiger partial charge in [0, 0.05) is 16.3 Å². The van der Waals surface area contributed by atoms with Gasteiger partial charge in [0.1, 0.15) is 6.04 Å². The molecular formula is C14H16ClNO3S. The van der Waals surface area contributed by atoms with Crippen molar-refractivity contribution in [3.05, 3.63) is 34.3 Å². The number of aryl methyl sites for hydroxylation is 1. The molecule has 0 spiro atoms. The van der Waals surface area contributed by atoms with Crippen LogP contribution in [0.1, 0.15) is 29.3 Å².